The summed E-state index contributed by atoms with van der Waals surface area (Å²) in [7, 11) is 0. The van der Waals surface area contributed by atoms with Gasteiger partial charge in [-0.15, -0.1) is 11.3 Å². The van der Waals surface area contributed by atoms with Gasteiger partial charge in [-0.25, -0.2) is 4.98 Å². The molecule has 10 heteroatoms. The van der Waals surface area contributed by atoms with Gasteiger partial charge in [0.05, 0.1) is 22.1 Å². The number of benzene rings is 1. The number of anilines is 1. The molecule has 0 fully saturated rings. The zero-order valence-electron chi connectivity index (χ0n) is 13.4. The second kappa shape index (κ2) is 7.92. The number of hydrogen-bond donors (Lipinski definition) is 1. The molecule has 0 aliphatic heterocycles. The Morgan fingerprint density at radius 2 is 2.12 bits per heavy atom. The van der Waals surface area contributed by atoms with Gasteiger partial charge in [0.15, 0.2) is 5.13 Å². The number of ether oxygens (including phenoxy) is 1. The van der Waals surface area contributed by atoms with Crippen LogP contribution < -0.4 is 10.1 Å². The molecule has 1 amide bonds. The van der Waals surface area contributed by atoms with Crippen LogP contribution in [0.1, 0.15) is 5.69 Å². The van der Waals surface area contributed by atoms with E-state index in [2.05, 4.69) is 36.1 Å². The first-order valence-corrected chi connectivity index (χ1v) is 9.08. The lowest BCUT2D eigenvalue weighted by molar-refractivity contribution is -0.116. The van der Waals surface area contributed by atoms with Crippen LogP contribution in [0.2, 0.25) is 0 Å². The number of aromatic nitrogens is 3. The highest BCUT2D eigenvalue weighted by Crippen LogP contribution is 2.27. The van der Waals surface area contributed by atoms with Crippen molar-refractivity contribution in [3.05, 3.63) is 46.0 Å². The smallest absolute Gasteiger partial charge is 0.387 e. The van der Waals surface area contributed by atoms with Gasteiger partial charge < -0.3 is 10.1 Å². The van der Waals surface area contributed by atoms with Crippen molar-refractivity contribution in [1.82, 2.24) is 14.8 Å². The van der Waals surface area contributed by atoms with E-state index in [-0.39, 0.29) is 18.2 Å². The molecule has 0 spiro atoms. The number of nitrogens with one attached hydrogen (secondary N) is 1. The molecular weight excluding hydrogens is 430 g/mol. The monoisotopic (exact) mass is 442 g/mol. The number of carbonyl (C=O) groups is 1. The van der Waals surface area contributed by atoms with Crippen molar-refractivity contribution in [2.75, 3.05) is 5.32 Å². The van der Waals surface area contributed by atoms with Gasteiger partial charge in [0.25, 0.3) is 0 Å². The van der Waals surface area contributed by atoms with Crippen molar-refractivity contribution < 1.29 is 18.3 Å². The van der Waals surface area contributed by atoms with Gasteiger partial charge in [-0.1, -0.05) is 0 Å². The molecule has 0 aliphatic carbocycles. The summed E-state index contributed by atoms with van der Waals surface area (Å²) in [6.07, 6.45) is 1.63. The second-order valence-corrected chi connectivity index (χ2v) is 6.94. The second-order valence-electron chi connectivity index (χ2n) is 5.22. The Labute approximate surface area is 159 Å². The maximum atomic E-state index is 12.2. The van der Waals surface area contributed by atoms with Crippen LogP contribution >= 0.6 is 27.3 Å². The summed E-state index contributed by atoms with van der Waals surface area (Å²) in [6.45, 7) is -0.930. The van der Waals surface area contributed by atoms with E-state index in [9.17, 15) is 13.6 Å². The summed E-state index contributed by atoms with van der Waals surface area (Å²) in [5, 5.41) is 9.05. The Morgan fingerprint density at radius 1 is 1.38 bits per heavy atom. The van der Waals surface area contributed by atoms with Gasteiger partial charge in [-0.3, -0.25) is 9.48 Å². The van der Waals surface area contributed by atoms with Crippen LogP contribution in [0.3, 0.4) is 0 Å². The molecular formula is C16H13BrF2N4O2S. The molecule has 2 heterocycles. The van der Waals surface area contributed by atoms with E-state index in [1.165, 1.54) is 23.5 Å². The summed E-state index contributed by atoms with van der Waals surface area (Å²) < 4.78 is 31.1. The van der Waals surface area contributed by atoms with E-state index in [1.807, 2.05) is 6.92 Å². The molecule has 0 atom stereocenters. The first kappa shape index (κ1) is 18.5. The lowest BCUT2D eigenvalue weighted by atomic mass is 10.2. The maximum Gasteiger partial charge on any atom is 0.387 e. The number of thiazole rings is 1. The minimum atomic E-state index is -2.86. The third kappa shape index (κ3) is 4.44. The van der Waals surface area contributed by atoms with Crippen LogP contribution in [0.4, 0.5) is 13.9 Å². The Hall–Kier alpha value is -2.33. The van der Waals surface area contributed by atoms with Gasteiger partial charge in [0.2, 0.25) is 5.91 Å². The largest absolute Gasteiger partial charge is 0.435 e. The third-order valence-electron chi connectivity index (χ3n) is 3.46. The lowest BCUT2D eigenvalue weighted by Gasteiger charge is -2.05. The van der Waals surface area contributed by atoms with E-state index in [1.54, 1.807) is 28.4 Å². The van der Waals surface area contributed by atoms with Crippen LogP contribution in [0.15, 0.2) is 40.3 Å². The summed E-state index contributed by atoms with van der Waals surface area (Å²) in [5.74, 6) is -0.168. The summed E-state index contributed by atoms with van der Waals surface area (Å²) in [6, 6.07) is 6.14. The number of halogens is 3. The average Bonchev–Trinajstić information content (AvgIpc) is 3.17. The molecule has 1 aromatic carbocycles. The molecule has 0 bridgehead atoms. The van der Waals surface area contributed by atoms with E-state index < -0.39 is 6.61 Å². The Bertz CT molecular complexity index is 911. The highest BCUT2D eigenvalue weighted by molar-refractivity contribution is 9.10. The standard InChI is InChI=1S/C16H13BrF2N4O2S/c1-9-12(17)6-20-23(9)7-14(24)22-16-21-13(8-26-16)10-2-4-11(5-3-10)25-15(18)19/h2-6,8,15H,7H2,1H3,(H,21,22,24). The van der Waals surface area contributed by atoms with Crippen LogP contribution in [0, 0.1) is 6.92 Å². The molecule has 26 heavy (non-hydrogen) atoms. The van der Waals surface area contributed by atoms with Crippen LogP contribution in [0.25, 0.3) is 11.3 Å². The van der Waals surface area contributed by atoms with Gasteiger partial charge in [-0.2, -0.15) is 13.9 Å². The van der Waals surface area contributed by atoms with Crippen LogP contribution in [-0.2, 0) is 11.3 Å². The van der Waals surface area contributed by atoms with Crippen molar-refractivity contribution in [3.63, 3.8) is 0 Å². The van der Waals surface area contributed by atoms with Crippen LogP contribution in [0.5, 0.6) is 5.75 Å². The quantitative estimate of drug-likeness (QED) is 0.617. The van der Waals surface area contributed by atoms with Gasteiger partial charge in [-0.05, 0) is 47.1 Å². The highest BCUT2D eigenvalue weighted by Gasteiger charge is 2.12. The third-order valence-corrected chi connectivity index (χ3v) is 5.00. The molecule has 136 valence electrons. The van der Waals surface area contributed by atoms with Crippen molar-refractivity contribution in [1.29, 1.82) is 0 Å². The lowest BCUT2D eigenvalue weighted by Crippen LogP contribution is -2.20. The number of rotatable bonds is 6. The molecule has 0 saturated heterocycles. The zero-order valence-corrected chi connectivity index (χ0v) is 15.9. The van der Waals surface area contributed by atoms with Crippen molar-refractivity contribution in [2.45, 2.75) is 20.1 Å². The number of amides is 1. The molecule has 3 aromatic rings. The number of alkyl halides is 2. The van der Waals surface area contributed by atoms with Crippen molar-refractivity contribution in [3.8, 4) is 17.0 Å². The summed E-state index contributed by atoms with van der Waals surface area (Å²) in [4.78, 5) is 16.5. The maximum absolute atomic E-state index is 12.2. The van der Waals surface area contributed by atoms with Crippen molar-refractivity contribution >= 4 is 38.3 Å². The number of hydrogen-bond acceptors (Lipinski definition) is 5. The Balaban J connectivity index is 1.64. The molecule has 0 unspecified atom stereocenters. The van der Waals surface area contributed by atoms with Gasteiger partial charge in [0, 0.05) is 10.9 Å². The molecule has 0 saturated carbocycles. The van der Waals surface area contributed by atoms with E-state index in [0.717, 1.165) is 15.7 Å². The van der Waals surface area contributed by atoms with E-state index in [0.29, 0.717) is 10.8 Å². The van der Waals surface area contributed by atoms with Gasteiger partial charge in [0.1, 0.15) is 12.3 Å². The molecule has 2 aromatic heterocycles. The Kier molecular flexibility index (Phi) is 5.62. The molecule has 0 aliphatic rings. The summed E-state index contributed by atoms with van der Waals surface area (Å²) >= 11 is 4.62. The van der Waals surface area contributed by atoms with Crippen LogP contribution in [-0.4, -0.2) is 27.3 Å². The number of carbonyl (C=O) groups excluding carboxylic acids is 1. The predicted octanol–water partition coefficient (Wildman–Crippen LogP) is 4.32. The SMILES string of the molecule is Cc1c(Br)cnn1CC(=O)Nc1nc(-c2ccc(OC(F)F)cc2)cs1. The molecule has 1 N–H and O–H groups in total. The minimum Gasteiger partial charge on any atom is -0.435 e. The zero-order chi connectivity index (χ0) is 18.7. The first-order chi connectivity index (χ1) is 12.4. The Morgan fingerprint density at radius 3 is 2.73 bits per heavy atom. The fourth-order valence-electron chi connectivity index (χ4n) is 2.15. The minimum absolute atomic E-state index is 0.0754. The first-order valence-electron chi connectivity index (χ1n) is 7.41. The molecule has 6 nitrogen and oxygen atoms in total. The topological polar surface area (TPSA) is 69.0 Å². The van der Waals surface area contributed by atoms with Gasteiger partial charge >= 0.3 is 6.61 Å². The number of nitrogens with zero attached hydrogens (tertiary/aromatic N) is 3. The summed E-state index contributed by atoms with van der Waals surface area (Å²) in [5.41, 5.74) is 2.22. The normalized spacial score (nSPS) is 11.0. The molecule has 0 radical (unpaired) electrons. The highest BCUT2D eigenvalue weighted by atomic mass is 79.9. The fraction of sp³-hybridized carbons (Fsp3) is 0.188. The fourth-order valence-corrected chi connectivity index (χ4v) is 3.18. The predicted molar refractivity (Wildman–Crippen MR) is 97.5 cm³/mol. The average molecular weight is 443 g/mol. The van der Waals surface area contributed by atoms with E-state index in [4.69, 9.17) is 0 Å². The van der Waals surface area contributed by atoms with E-state index >= 15 is 0 Å². The molecule has 3 rings (SSSR count). The van der Waals surface area contributed by atoms with Crippen molar-refractivity contribution in [2.24, 2.45) is 0 Å².